The molecule has 88 valence electrons. The Balaban J connectivity index is 2.02. The molecule has 0 amide bonds. The minimum atomic E-state index is -0.795. The molecule has 1 aromatic rings. The Labute approximate surface area is 94.3 Å². The van der Waals surface area contributed by atoms with Crippen molar-refractivity contribution in [3.8, 4) is 0 Å². The Kier molecular flexibility index (Phi) is 3.39. The molecule has 1 N–H and O–H groups in total. The summed E-state index contributed by atoms with van der Waals surface area (Å²) in [5.74, 6) is -1.58. The average molecular weight is 226 g/mol. The molecule has 0 bridgehead atoms. The summed E-state index contributed by atoms with van der Waals surface area (Å²) in [6, 6.07) is 4.47. The summed E-state index contributed by atoms with van der Waals surface area (Å²) < 4.78 is 25.8. The Morgan fingerprint density at radius 1 is 1.38 bits per heavy atom. The van der Waals surface area contributed by atoms with E-state index in [4.69, 9.17) is 0 Å². The second-order valence-corrected chi connectivity index (χ2v) is 4.27. The molecule has 2 rings (SSSR count). The first kappa shape index (κ1) is 11.3. The van der Waals surface area contributed by atoms with Crippen LogP contribution in [0.15, 0.2) is 18.2 Å². The van der Waals surface area contributed by atoms with Gasteiger partial charge in [0.15, 0.2) is 11.6 Å². The van der Waals surface area contributed by atoms with E-state index in [0.717, 1.165) is 19.5 Å². The first-order valence-corrected chi connectivity index (χ1v) is 5.56. The van der Waals surface area contributed by atoms with Gasteiger partial charge in [-0.3, -0.25) is 0 Å². The van der Waals surface area contributed by atoms with Gasteiger partial charge in [-0.1, -0.05) is 0 Å². The maximum atomic E-state index is 13.0. The molecule has 0 aromatic heterocycles. The summed E-state index contributed by atoms with van der Waals surface area (Å²) >= 11 is 0. The monoisotopic (exact) mass is 226 g/mol. The highest BCUT2D eigenvalue weighted by Gasteiger charge is 2.16. The van der Waals surface area contributed by atoms with Gasteiger partial charge in [-0.05, 0) is 31.5 Å². The molecular formula is C12H16F2N2. The summed E-state index contributed by atoms with van der Waals surface area (Å²) in [6.07, 6.45) is 2.34. The van der Waals surface area contributed by atoms with Gasteiger partial charge in [0.25, 0.3) is 0 Å². The highest BCUT2D eigenvalue weighted by molar-refractivity contribution is 5.46. The molecule has 1 aromatic carbocycles. The molecule has 0 saturated carbocycles. The number of nitrogens with zero attached hydrogens (tertiary/aromatic N) is 1. The molecule has 1 aliphatic rings. The summed E-state index contributed by atoms with van der Waals surface area (Å²) in [5.41, 5.74) is 0.715. The van der Waals surface area contributed by atoms with Crippen LogP contribution < -0.4 is 10.2 Å². The van der Waals surface area contributed by atoms with Crippen LogP contribution in [0.25, 0.3) is 0 Å². The lowest BCUT2D eigenvalue weighted by molar-refractivity contribution is 0.508. The van der Waals surface area contributed by atoms with Crippen LogP contribution in [0.1, 0.15) is 12.8 Å². The lowest BCUT2D eigenvalue weighted by Gasteiger charge is -2.23. The third-order valence-electron chi connectivity index (χ3n) is 3.00. The van der Waals surface area contributed by atoms with E-state index < -0.39 is 11.6 Å². The molecule has 0 spiro atoms. The van der Waals surface area contributed by atoms with E-state index in [1.165, 1.54) is 18.6 Å². The van der Waals surface area contributed by atoms with E-state index in [-0.39, 0.29) is 0 Å². The van der Waals surface area contributed by atoms with Crippen LogP contribution in [0, 0.1) is 11.6 Å². The molecule has 1 unspecified atom stereocenters. The number of likely N-dealkylation sites (N-methyl/N-ethyl adjacent to an activating group) is 1. The van der Waals surface area contributed by atoms with Crippen molar-refractivity contribution in [3.05, 3.63) is 29.8 Å². The van der Waals surface area contributed by atoms with Gasteiger partial charge in [-0.2, -0.15) is 0 Å². The fourth-order valence-electron chi connectivity index (χ4n) is 2.07. The van der Waals surface area contributed by atoms with Crippen molar-refractivity contribution in [2.75, 3.05) is 25.0 Å². The number of nitrogens with one attached hydrogen (secondary N) is 1. The fraction of sp³-hybridized carbons (Fsp3) is 0.500. The maximum absolute atomic E-state index is 13.0. The van der Waals surface area contributed by atoms with Crippen molar-refractivity contribution < 1.29 is 8.78 Å². The molecule has 1 aliphatic heterocycles. The van der Waals surface area contributed by atoms with Gasteiger partial charge in [0.2, 0.25) is 0 Å². The zero-order valence-corrected chi connectivity index (χ0v) is 9.34. The maximum Gasteiger partial charge on any atom is 0.160 e. The van der Waals surface area contributed by atoms with Gasteiger partial charge in [0, 0.05) is 31.4 Å². The number of benzene rings is 1. The molecule has 1 atom stereocenters. The minimum Gasteiger partial charge on any atom is -0.373 e. The van der Waals surface area contributed by atoms with Crippen LogP contribution in [0.5, 0.6) is 0 Å². The molecule has 16 heavy (non-hydrogen) atoms. The molecule has 4 heteroatoms. The van der Waals surface area contributed by atoms with E-state index in [2.05, 4.69) is 5.32 Å². The van der Waals surface area contributed by atoms with Crippen molar-refractivity contribution in [1.29, 1.82) is 0 Å². The van der Waals surface area contributed by atoms with E-state index in [0.29, 0.717) is 11.7 Å². The van der Waals surface area contributed by atoms with Crippen LogP contribution in [0.3, 0.4) is 0 Å². The predicted molar refractivity (Wildman–Crippen MR) is 60.7 cm³/mol. The highest BCUT2D eigenvalue weighted by Crippen LogP contribution is 2.18. The number of halogens is 2. The molecule has 0 aliphatic carbocycles. The smallest absolute Gasteiger partial charge is 0.160 e. The van der Waals surface area contributed by atoms with Gasteiger partial charge in [-0.25, -0.2) is 8.78 Å². The number of hydrogen-bond donors (Lipinski definition) is 1. The van der Waals surface area contributed by atoms with E-state index in [9.17, 15) is 8.78 Å². The standard InChI is InChI=1S/C12H16F2N2/c1-16(8-9-3-2-6-15-9)10-4-5-11(13)12(14)7-10/h4-5,7,9,15H,2-3,6,8H2,1H3. The second kappa shape index (κ2) is 4.78. The SMILES string of the molecule is CN(CC1CCCN1)c1ccc(F)c(F)c1. The first-order valence-electron chi connectivity index (χ1n) is 5.56. The van der Waals surface area contributed by atoms with Crippen LogP contribution in [0.4, 0.5) is 14.5 Å². The normalized spacial score (nSPS) is 20.1. The van der Waals surface area contributed by atoms with Crippen LogP contribution in [-0.4, -0.2) is 26.2 Å². The Morgan fingerprint density at radius 3 is 2.81 bits per heavy atom. The van der Waals surface area contributed by atoms with Crippen molar-refractivity contribution in [2.24, 2.45) is 0 Å². The highest BCUT2D eigenvalue weighted by atomic mass is 19.2. The average Bonchev–Trinajstić information content (AvgIpc) is 2.74. The van der Waals surface area contributed by atoms with Crippen molar-refractivity contribution >= 4 is 5.69 Å². The Bertz CT molecular complexity index is 362. The molecule has 1 saturated heterocycles. The van der Waals surface area contributed by atoms with Crippen molar-refractivity contribution in [3.63, 3.8) is 0 Å². The van der Waals surface area contributed by atoms with Crippen LogP contribution in [-0.2, 0) is 0 Å². The Hall–Kier alpha value is -1.16. The van der Waals surface area contributed by atoms with E-state index in [1.54, 1.807) is 6.07 Å². The lowest BCUT2D eigenvalue weighted by atomic mass is 10.2. The third-order valence-corrected chi connectivity index (χ3v) is 3.00. The third kappa shape index (κ3) is 2.50. The summed E-state index contributed by atoms with van der Waals surface area (Å²) in [7, 11) is 1.90. The topological polar surface area (TPSA) is 15.3 Å². The van der Waals surface area contributed by atoms with Crippen LogP contribution >= 0.6 is 0 Å². The number of hydrogen-bond acceptors (Lipinski definition) is 2. The largest absolute Gasteiger partial charge is 0.373 e. The lowest BCUT2D eigenvalue weighted by Crippen LogP contribution is -2.35. The number of anilines is 1. The quantitative estimate of drug-likeness (QED) is 0.849. The van der Waals surface area contributed by atoms with Crippen LogP contribution in [0.2, 0.25) is 0 Å². The molecule has 1 fully saturated rings. The summed E-state index contributed by atoms with van der Waals surface area (Å²) in [4.78, 5) is 1.95. The van der Waals surface area contributed by atoms with Gasteiger partial charge < -0.3 is 10.2 Å². The van der Waals surface area contributed by atoms with Gasteiger partial charge in [-0.15, -0.1) is 0 Å². The van der Waals surface area contributed by atoms with Gasteiger partial charge >= 0.3 is 0 Å². The summed E-state index contributed by atoms with van der Waals surface area (Å²) in [6.45, 7) is 1.88. The first-order chi connectivity index (χ1) is 7.66. The van der Waals surface area contributed by atoms with Gasteiger partial charge in [0.05, 0.1) is 0 Å². The zero-order chi connectivity index (χ0) is 11.5. The molecule has 0 radical (unpaired) electrons. The second-order valence-electron chi connectivity index (χ2n) is 4.27. The zero-order valence-electron chi connectivity index (χ0n) is 9.34. The minimum absolute atomic E-state index is 0.457. The molecule has 2 nitrogen and oxygen atoms in total. The Morgan fingerprint density at radius 2 is 2.19 bits per heavy atom. The molecule has 1 heterocycles. The predicted octanol–water partition coefficient (Wildman–Crippen LogP) is 2.15. The van der Waals surface area contributed by atoms with Crippen molar-refractivity contribution in [1.82, 2.24) is 5.32 Å². The summed E-state index contributed by atoms with van der Waals surface area (Å²) in [5, 5.41) is 3.37. The van der Waals surface area contributed by atoms with E-state index in [1.807, 2.05) is 11.9 Å². The van der Waals surface area contributed by atoms with E-state index >= 15 is 0 Å². The van der Waals surface area contributed by atoms with Crippen molar-refractivity contribution in [2.45, 2.75) is 18.9 Å². The fourth-order valence-corrected chi connectivity index (χ4v) is 2.07. The number of rotatable bonds is 3. The van der Waals surface area contributed by atoms with Gasteiger partial charge in [0.1, 0.15) is 0 Å². The molecular weight excluding hydrogens is 210 g/mol.